The number of hydrogen-bond acceptors (Lipinski definition) is 3. The topological polar surface area (TPSA) is 35.5 Å². The maximum absolute atomic E-state index is 12.6. The molecule has 0 spiro atoms. The van der Waals surface area contributed by atoms with Crippen molar-refractivity contribution in [3.63, 3.8) is 0 Å². The first-order chi connectivity index (χ1) is 12.7. The molecule has 2 bridgehead atoms. The molecule has 0 N–H and O–H groups in total. The first-order valence-corrected chi connectivity index (χ1v) is 9.26. The normalized spacial score (nSPS) is 30.5. The molecule has 3 aliphatic rings. The van der Waals surface area contributed by atoms with Gasteiger partial charge < -0.3 is 9.47 Å². The van der Waals surface area contributed by atoms with Crippen LogP contribution in [0.5, 0.6) is 5.75 Å². The summed E-state index contributed by atoms with van der Waals surface area (Å²) in [5.41, 5.74) is 4.88. The highest BCUT2D eigenvalue weighted by Crippen LogP contribution is 2.67. The SMILES string of the molecule is COC(=O)C1=CC2c3ccccc3C3C2CC1[C@H]3c1ccccc1OC. The molecule has 5 atom stereocenters. The van der Waals surface area contributed by atoms with Gasteiger partial charge in [-0.25, -0.2) is 4.79 Å². The van der Waals surface area contributed by atoms with Crippen LogP contribution in [0.1, 0.15) is 40.9 Å². The molecule has 0 radical (unpaired) electrons. The average molecular weight is 346 g/mol. The Morgan fingerprint density at radius 3 is 2.35 bits per heavy atom. The minimum Gasteiger partial charge on any atom is -0.496 e. The third-order valence-electron chi connectivity index (χ3n) is 6.66. The fourth-order valence-electron chi connectivity index (χ4n) is 5.79. The number of allylic oxidation sites excluding steroid dienone is 1. The number of methoxy groups -OCH3 is 2. The number of hydrogen-bond donors (Lipinski definition) is 0. The number of carbonyl (C=O) groups excluding carboxylic acids is 1. The Morgan fingerprint density at radius 2 is 1.62 bits per heavy atom. The molecule has 2 aromatic rings. The van der Waals surface area contributed by atoms with Gasteiger partial charge in [0.05, 0.1) is 14.2 Å². The van der Waals surface area contributed by atoms with Crippen molar-refractivity contribution in [2.45, 2.75) is 24.2 Å². The van der Waals surface area contributed by atoms with Crippen LogP contribution in [-0.4, -0.2) is 20.2 Å². The Labute approximate surface area is 153 Å². The van der Waals surface area contributed by atoms with Gasteiger partial charge in [0.25, 0.3) is 0 Å². The van der Waals surface area contributed by atoms with E-state index in [4.69, 9.17) is 9.47 Å². The number of carbonyl (C=O) groups is 1. The van der Waals surface area contributed by atoms with Crippen LogP contribution in [0.2, 0.25) is 0 Å². The van der Waals surface area contributed by atoms with Gasteiger partial charge in [0, 0.05) is 17.4 Å². The molecule has 0 aromatic heterocycles. The van der Waals surface area contributed by atoms with E-state index < -0.39 is 0 Å². The summed E-state index contributed by atoms with van der Waals surface area (Å²) in [4.78, 5) is 12.6. The molecule has 0 aliphatic heterocycles. The van der Waals surface area contributed by atoms with Crippen molar-refractivity contribution < 1.29 is 14.3 Å². The molecule has 2 aromatic carbocycles. The Kier molecular flexibility index (Phi) is 3.46. The number of rotatable bonds is 3. The molecule has 1 fully saturated rings. The van der Waals surface area contributed by atoms with E-state index in [2.05, 4.69) is 42.5 Å². The van der Waals surface area contributed by atoms with E-state index in [0.717, 1.165) is 17.7 Å². The van der Waals surface area contributed by atoms with Crippen LogP contribution >= 0.6 is 0 Å². The maximum atomic E-state index is 12.6. The van der Waals surface area contributed by atoms with Gasteiger partial charge in [0.1, 0.15) is 5.75 Å². The number of fused-ring (bicyclic) bond motifs is 4. The monoisotopic (exact) mass is 346 g/mol. The van der Waals surface area contributed by atoms with Gasteiger partial charge in [-0.15, -0.1) is 0 Å². The Morgan fingerprint density at radius 1 is 0.923 bits per heavy atom. The van der Waals surface area contributed by atoms with E-state index in [-0.39, 0.29) is 17.8 Å². The standard InChI is InChI=1S/C23H22O3/c1-25-20-10-6-5-9-15(20)22-18-12-17-16(11-19(18)23(24)26-2)13-7-3-4-8-14(13)21(17)22/h3-11,16-18,21-22H,12H2,1-2H3/t16?,17?,18?,21?,22-/m1/s1. The van der Waals surface area contributed by atoms with Crippen LogP contribution < -0.4 is 4.74 Å². The summed E-state index contributed by atoms with van der Waals surface area (Å²) in [6.07, 6.45) is 3.23. The second-order valence-corrected chi connectivity index (χ2v) is 7.57. The van der Waals surface area contributed by atoms with Gasteiger partial charge in [0.2, 0.25) is 0 Å². The number of esters is 1. The molecule has 4 unspecified atom stereocenters. The van der Waals surface area contributed by atoms with Gasteiger partial charge in [-0.2, -0.15) is 0 Å². The van der Waals surface area contributed by atoms with Gasteiger partial charge in [0.15, 0.2) is 0 Å². The lowest BCUT2D eigenvalue weighted by Crippen LogP contribution is -2.23. The van der Waals surface area contributed by atoms with E-state index in [1.165, 1.54) is 23.8 Å². The summed E-state index contributed by atoms with van der Waals surface area (Å²) < 4.78 is 10.8. The lowest BCUT2D eigenvalue weighted by Gasteiger charge is -2.29. The second kappa shape index (κ2) is 5.73. The van der Waals surface area contributed by atoms with Gasteiger partial charge in [-0.05, 0) is 46.9 Å². The zero-order valence-electron chi connectivity index (χ0n) is 15.0. The molecule has 1 saturated carbocycles. The summed E-state index contributed by atoms with van der Waals surface area (Å²) >= 11 is 0. The summed E-state index contributed by atoms with van der Waals surface area (Å²) in [5.74, 6) is 2.47. The second-order valence-electron chi connectivity index (χ2n) is 7.57. The molecule has 3 heteroatoms. The maximum Gasteiger partial charge on any atom is 0.333 e. The predicted molar refractivity (Wildman–Crippen MR) is 99.4 cm³/mol. The lowest BCUT2D eigenvalue weighted by molar-refractivity contribution is -0.136. The van der Waals surface area contributed by atoms with Crippen molar-refractivity contribution in [3.05, 3.63) is 76.9 Å². The van der Waals surface area contributed by atoms with E-state index in [9.17, 15) is 4.79 Å². The Bertz CT molecular complexity index is 913. The van der Waals surface area contributed by atoms with Crippen molar-refractivity contribution in [2.75, 3.05) is 14.2 Å². The molecule has 0 amide bonds. The van der Waals surface area contributed by atoms with Crippen molar-refractivity contribution in [1.29, 1.82) is 0 Å². The zero-order chi connectivity index (χ0) is 17.8. The van der Waals surface area contributed by atoms with Crippen LogP contribution in [-0.2, 0) is 9.53 Å². The summed E-state index contributed by atoms with van der Waals surface area (Å²) in [7, 11) is 3.21. The third kappa shape index (κ3) is 1.97. The first-order valence-electron chi connectivity index (χ1n) is 9.26. The van der Waals surface area contributed by atoms with Gasteiger partial charge >= 0.3 is 5.97 Å². The number of para-hydroxylation sites is 1. The van der Waals surface area contributed by atoms with Crippen molar-refractivity contribution in [2.24, 2.45) is 11.8 Å². The van der Waals surface area contributed by atoms with Crippen LogP contribution in [0.15, 0.2) is 60.2 Å². The molecule has 0 heterocycles. The fraction of sp³-hybridized carbons (Fsp3) is 0.348. The molecule has 132 valence electrons. The van der Waals surface area contributed by atoms with E-state index in [1.54, 1.807) is 7.11 Å². The van der Waals surface area contributed by atoms with Gasteiger partial charge in [-0.1, -0.05) is 48.5 Å². The summed E-state index contributed by atoms with van der Waals surface area (Å²) in [5, 5.41) is 0. The third-order valence-corrected chi connectivity index (χ3v) is 6.66. The average Bonchev–Trinajstić information content (AvgIpc) is 3.17. The minimum atomic E-state index is -0.182. The van der Waals surface area contributed by atoms with E-state index >= 15 is 0 Å². The predicted octanol–water partition coefficient (Wildman–Crippen LogP) is 4.41. The largest absolute Gasteiger partial charge is 0.496 e. The summed E-state index contributed by atoms with van der Waals surface area (Å²) in [6.45, 7) is 0. The minimum absolute atomic E-state index is 0.182. The molecular formula is C23H22O3. The molecule has 3 nitrogen and oxygen atoms in total. The highest BCUT2D eigenvalue weighted by molar-refractivity contribution is 5.90. The molecule has 3 aliphatic carbocycles. The quantitative estimate of drug-likeness (QED) is 0.772. The zero-order valence-corrected chi connectivity index (χ0v) is 15.0. The first kappa shape index (κ1) is 15.7. The molecular weight excluding hydrogens is 324 g/mol. The van der Waals surface area contributed by atoms with E-state index in [1.807, 2.05) is 12.1 Å². The number of ether oxygens (including phenoxy) is 2. The highest BCUT2D eigenvalue weighted by Gasteiger charge is 2.57. The molecule has 5 rings (SSSR count). The highest BCUT2D eigenvalue weighted by atomic mass is 16.5. The molecule has 0 saturated heterocycles. The van der Waals surface area contributed by atoms with Crippen molar-refractivity contribution in [3.8, 4) is 5.75 Å². The van der Waals surface area contributed by atoms with Crippen molar-refractivity contribution >= 4 is 5.97 Å². The fourth-order valence-corrected chi connectivity index (χ4v) is 5.79. The molecule has 26 heavy (non-hydrogen) atoms. The van der Waals surface area contributed by atoms with Gasteiger partial charge in [-0.3, -0.25) is 0 Å². The summed E-state index contributed by atoms with van der Waals surface area (Å²) in [6, 6.07) is 17.0. The Hall–Kier alpha value is -2.55. The number of benzene rings is 2. The van der Waals surface area contributed by atoms with Crippen molar-refractivity contribution in [1.82, 2.24) is 0 Å². The van der Waals surface area contributed by atoms with Crippen LogP contribution in [0, 0.1) is 11.8 Å². The Balaban J connectivity index is 1.73. The van der Waals surface area contributed by atoms with Crippen LogP contribution in [0.4, 0.5) is 0 Å². The van der Waals surface area contributed by atoms with Crippen LogP contribution in [0.25, 0.3) is 0 Å². The van der Waals surface area contributed by atoms with Crippen LogP contribution in [0.3, 0.4) is 0 Å². The van der Waals surface area contributed by atoms with E-state index in [0.29, 0.717) is 17.8 Å². The smallest absolute Gasteiger partial charge is 0.333 e. The lowest BCUT2D eigenvalue weighted by atomic mass is 9.75.